The Labute approximate surface area is 115 Å². The second-order valence-corrected chi connectivity index (χ2v) is 4.52. The number of benzene rings is 1. The molecular formula is C13H12F2N2OS. The van der Waals surface area contributed by atoms with Crippen LogP contribution >= 0.6 is 12.2 Å². The van der Waals surface area contributed by atoms with Crippen LogP contribution in [0.3, 0.4) is 0 Å². The minimum Gasteiger partial charge on any atom is -0.511 e. The van der Waals surface area contributed by atoms with E-state index in [1.54, 1.807) is 19.9 Å². The number of hydrogen-bond acceptors (Lipinski definition) is 3. The van der Waals surface area contributed by atoms with Gasteiger partial charge in [0.2, 0.25) is 0 Å². The first-order valence-electron chi connectivity index (χ1n) is 5.46. The summed E-state index contributed by atoms with van der Waals surface area (Å²) in [5.74, 6) is -2.41. The number of allylic oxidation sites excluding steroid dienone is 1. The maximum atomic E-state index is 13.0. The molecule has 3 nitrogen and oxygen atoms in total. The smallest absolute Gasteiger partial charge is 0.160 e. The van der Waals surface area contributed by atoms with Crippen LogP contribution in [0.25, 0.3) is 0 Å². The van der Waals surface area contributed by atoms with Crippen molar-refractivity contribution in [3.8, 4) is 6.07 Å². The molecule has 1 rings (SSSR count). The van der Waals surface area contributed by atoms with Crippen molar-refractivity contribution in [1.82, 2.24) is 0 Å². The number of anilines is 1. The van der Waals surface area contributed by atoms with Crippen molar-refractivity contribution in [2.45, 2.75) is 13.8 Å². The molecule has 19 heavy (non-hydrogen) atoms. The van der Waals surface area contributed by atoms with Crippen LogP contribution in [0.15, 0.2) is 29.5 Å². The van der Waals surface area contributed by atoms with Crippen LogP contribution < -0.4 is 5.32 Å². The predicted octanol–water partition coefficient (Wildman–Crippen LogP) is 3.70. The number of nitriles is 1. The summed E-state index contributed by atoms with van der Waals surface area (Å²) >= 11 is 4.96. The van der Waals surface area contributed by atoms with E-state index in [1.807, 2.05) is 0 Å². The van der Waals surface area contributed by atoms with Crippen LogP contribution in [-0.4, -0.2) is 10.1 Å². The lowest BCUT2D eigenvalue weighted by molar-refractivity contribution is 0.350. The maximum absolute atomic E-state index is 13.0. The molecule has 1 aromatic carbocycles. The molecule has 0 aliphatic carbocycles. The average molecular weight is 282 g/mol. The van der Waals surface area contributed by atoms with Crippen LogP contribution in [0.2, 0.25) is 0 Å². The lowest BCUT2D eigenvalue weighted by Crippen LogP contribution is -2.15. The number of aliphatic hydroxyl groups excluding tert-OH is 1. The van der Waals surface area contributed by atoms with E-state index in [-0.39, 0.29) is 27.9 Å². The van der Waals surface area contributed by atoms with Gasteiger partial charge in [-0.05, 0) is 12.1 Å². The first-order valence-corrected chi connectivity index (χ1v) is 5.87. The Bertz CT molecular complexity index is 576. The SMILES string of the molecule is CC(C)/C(O)=C(\C#N)C(=S)Nc1ccc(F)c(F)c1. The normalized spacial score (nSPS) is 11.8. The van der Waals surface area contributed by atoms with E-state index in [4.69, 9.17) is 17.5 Å². The molecule has 100 valence electrons. The molecular weight excluding hydrogens is 270 g/mol. The topological polar surface area (TPSA) is 56.0 Å². The summed E-state index contributed by atoms with van der Waals surface area (Å²) in [7, 11) is 0. The first kappa shape index (κ1) is 15.1. The van der Waals surface area contributed by atoms with Gasteiger partial charge in [0.15, 0.2) is 11.6 Å². The van der Waals surface area contributed by atoms with E-state index in [1.165, 1.54) is 6.07 Å². The molecule has 0 fully saturated rings. The highest BCUT2D eigenvalue weighted by Crippen LogP contribution is 2.17. The third-order valence-electron chi connectivity index (χ3n) is 2.32. The predicted molar refractivity (Wildman–Crippen MR) is 72.7 cm³/mol. The molecule has 0 atom stereocenters. The fraction of sp³-hybridized carbons (Fsp3) is 0.231. The largest absolute Gasteiger partial charge is 0.511 e. The Hall–Kier alpha value is -2.00. The average Bonchev–Trinajstić information content (AvgIpc) is 2.34. The van der Waals surface area contributed by atoms with Gasteiger partial charge in [-0.15, -0.1) is 0 Å². The lowest BCUT2D eigenvalue weighted by atomic mass is 10.1. The van der Waals surface area contributed by atoms with E-state index >= 15 is 0 Å². The molecule has 0 radical (unpaired) electrons. The lowest BCUT2D eigenvalue weighted by Gasteiger charge is -2.11. The summed E-state index contributed by atoms with van der Waals surface area (Å²) < 4.78 is 25.8. The van der Waals surface area contributed by atoms with Crippen molar-refractivity contribution in [2.24, 2.45) is 5.92 Å². The Morgan fingerprint density at radius 2 is 2.00 bits per heavy atom. The van der Waals surface area contributed by atoms with E-state index in [0.717, 1.165) is 12.1 Å². The van der Waals surface area contributed by atoms with Crippen LogP contribution in [0, 0.1) is 28.9 Å². The molecule has 0 spiro atoms. The zero-order valence-corrected chi connectivity index (χ0v) is 11.2. The highest BCUT2D eigenvalue weighted by Gasteiger charge is 2.14. The maximum Gasteiger partial charge on any atom is 0.160 e. The first-order chi connectivity index (χ1) is 8.86. The van der Waals surface area contributed by atoms with Gasteiger partial charge in [-0.2, -0.15) is 5.26 Å². The highest BCUT2D eigenvalue weighted by molar-refractivity contribution is 7.81. The Morgan fingerprint density at radius 1 is 1.37 bits per heavy atom. The van der Waals surface area contributed by atoms with Crippen molar-refractivity contribution < 1.29 is 13.9 Å². The zero-order valence-electron chi connectivity index (χ0n) is 10.4. The number of nitrogens with one attached hydrogen (secondary N) is 1. The van der Waals surface area contributed by atoms with Gasteiger partial charge < -0.3 is 10.4 Å². The van der Waals surface area contributed by atoms with Crippen molar-refractivity contribution in [2.75, 3.05) is 5.32 Å². The van der Waals surface area contributed by atoms with Gasteiger partial charge in [0.25, 0.3) is 0 Å². The van der Waals surface area contributed by atoms with Gasteiger partial charge in [-0.1, -0.05) is 26.1 Å². The van der Waals surface area contributed by atoms with E-state index in [2.05, 4.69) is 5.32 Å². The number of hydrogen-bond donors (Lipinski definition) is 2. The third kappa shape index (κ3) is 3.73. The third-order valence-corrected chi connectivity index (χ3v) is 2.63. The molecule has 0 saturated heterocycles. The summed E-state index contributed by atoms with van der Waals surface area (Å²) in [5.41, 5.74) is 0.114. The zero-order chi connectivity index (χ0) is 14.6. The van der Waals surface area contributed by atoms with Gasteiger partial charge >= 0.3 is 0 Å². The summed E-state index contributed by atoms with van der Waals surface area (Å²) in [6, 6.07) is 4.93. The molecule has 0 aliphatic rings. The Kier molecular flexibility index (Phi) is 4.95. The number of thiocarbonyl (C=S) groups is 1. The van der Waals surface area contributed by atoms with Crippen LogP contribution in [0.5, 0.6) is 0 Å². The molecule has 2 N–H and O–H groups in total. The van der Waals surface area contributed by atoms with E-state index in [9.17, 15) is 13.9 Å². The molecule has 0 aromatic heterocycles. The Balaban J connectivity index is 2.99. The van der Waals surface area contributed by atoms with Gasteiger partial charge in [-0.3, -0.25) is 0 Å². The van der Waals surface area contributed by atoms with Crippen LogP contribution in [0.1, 0.15) is 13.8 Å². The van der Waals surface area contributed by atoms with Crippen LogP contribution in [0.4, 0.5) is 14.5 Å². The molecule has 0 amide bonds. The molecule has 6 heteroatoms. The highest BCUT2D eigenvalue weighted by atomic mass is 32.1. The number of nitrogens with zero attached hydrogens (tertiary/aromatic N) is 1. The fourth-order valence-electron chi connectivity index (χ4n) is 1.28. The monoisotopic (exact) mass is 282 g/mol. The quantitative estimate of drug-likeness (QED) is 0.384. The van der Waals surface area contributed by atoms with Gasteiger partial charge in [-0.25, -0.2) is 8.78 Å². The summed E-state index contributed by atoms with van der Waals surface area (Å²) in [6.45, 7) is 3.40. The molecule has 0 aliphatic heterocycles. The number of halogens is 2. The van der Waals surface area contributed by atoms with Crippen molar-refractivity contribution in [3.05, 3.63) is 41.2 Å². The Morgan fingerprint density at radius 3 is 2.47 bits per heavy atom. The summed E-state index contributed by atoms with van der Waals surface area (Å²) in [6.07, 6.45) is 0. The minimum absolute atomic E-state index is 0.0419. The summed E-state index contributed by atoms with van der Waals surface area (Å²) in [5, 5.41) is 21.3. The molecule has 0 bridgehead atoms. The molecule has 1 aromatic rings. The van der Waals surface area contributed by atoms with Gasteiger partial charge in [0.1, 0.15) is 22.4 Å². The summed E-state index contributed by atoms with van der Waals surface area (Å²) in [4.78, 5) is -0.0419. The van der Waals surface area contributed by atoms with Gasteiger partial charge in [0.05, 0.1) is 0 Å². The standard InChI is InChI=1S/C13H12F2N2OS/c1-7(2)12(18)9(6-16)13(19)17-8-3-4-10(14)11(15)5-8/h3-5,7,18H,1-2H3,(H,17,19)/b12-9-. The van der Waals surface area contributed by atoms with Crippen LogP contribution in [-0.2, 0) is 0 Å². The fourth-order valence-corrected chi connectivity index (χ4v) is 1.55. The second kappa shape index (κ2) is 6.25. The number of rotatable bonds is 3. The van der Waals surface area contributed by atoms with Crippen molar-refractivity contribution >= 4 is 22.9 Å². The molecule has 0 heterocycles. The van der Waals surface area contributed by atoms with Crippen molar-refractivity contribution in [3.63, 3.8) is 0 Å². The van der Waals surface area contributed by atoms with E-state index in [0.29, 0.717) is 0 Å². The van der Waals surface area contributed by atoms with E-state index < -0.39 is 11.6 Å². The van der Waals surface area contributed by atoms with Crippen molar-refractivity contribution in [1.29, 1.82) is 5.26 Å². The molecule has 0 saturated carbocycles. The second-order valence-electron chi connectivity index (χ2n) is 4.11. The molecule has 0 unspecified atom stereocenters. The number of aliphatic hydroxyl groups is 1. The van der Waals surface area contributed by atoms with Gasteiger partial charge in [0, 0.05) is 17.7 Å². The minimum atomic E-state index is -1.02.